The summed E-state index contributed by atoms with van der Waals surface area (Å²) in [5.41, 5.74) is 0. The average Bonchev–Trinajstić information content (AvgIpc) is 2.66. The van der Waals surface area contributed by atoms with Crippen LogP contribution in [0.25, 0.3) is 0 Å². The van der Waals surface area contributed by atoms with Crippen LogP contribution in [0.1, 0.15) is 19.8 Å². The molecule has 5 heteroatoms. The van der Waals surface area contributed by atoms with Crippen molar-refractivity contribution in [3.63, 3.8) is 0 Å². The Kier molecular flexibility index (Phi) is 4.66. The third kappa shape index (κ3) is 4.01. The molecule has 0 radical (unpaired) electrons. The second-order valence-corrected chi connectivity index (χ2v) is 3.21. The summed E-state index contributed by atoms with van der Waals surface area (Å²) in [6.07, 6.45) is 4.92. The topological polar surface area (TPSA) is 56.1 Å². The molecule has 0 fully saturated rings. The molecule has 1 aromatic rings. The summed E-state index contributed by atoms with van der Waals surface area (Å²) in [4.78, 5) is 10.9. The molecule has 1 amide bonds. The number of rotatable bonds is 6. The molecule has 5 nitrogen and oxygen atoms in total. The van der Waals surface area contributed by atoms with Crippen molar-refractivity contribution in [1.29, 1.82) is 0 Å². The average molecular weight is 211 g/mol. The monoisotopic (exact) mass is 211 g/mol. The molecule has 0 atom stereocenters. The van der Waals surface area contributed by atoms with E-state index in [0.717, 1.165) is 13.0 Å². The van der Waals surface area contributed by atoms with Gasteiger partial charge in [0.15, 0.2) is 5.75 Å². The maximum absolute atomic E-state index is 10.9. The second-order valence-electron chi connectivity index (χ2n) is 3.21. The van der Waals surface area contributed by atoms with Gasteiger partial charge in [-0.3, -0.25) is 9.48 Å². The number of aromatic nitrogens is 2. The van der Waals surface area contributed by atoms with Gasteiger partial charge in [-0.2, -0.15) is 5.10 Å². The Morgan fingerprint density at radius 3 is 3.13 bits per heavy atom. The third-order valence-electron chi connectivity index (χ3n) is 1.94. The SMILES string of the molecule is CCCn1cc(OCCC(=O)NC)cn1. The van der Waals surface area contributed by atoms with E-state index < -0.39 is 0 Å². The van der Waals surface area contributed by atoms with Crippen LogP contribution in [-0.4, -0.2) is 29.3 Å². The fourth-order valence-electron chi connectivity index (χ4n) is 1.16. The lowest BCUT2D eigenvalue weighted by atomic mass is 10.4. The van der Waals surface area contributed by atoms with E-state index in [9.17, 15) is 4.79 Å². The zero-order chi connectivity index (χ0) is 11.1. The quantitative estimate of drug-likeness (QED) is 0.757. The number of hydrogen-bond donors (Lipinski definition) is 1. The Morgan fingerprint density at radius 1 is 1.67 bits per heavy atom. The van der Waals surface area contributed by atoms with Crippen LogP contribution in [0.15, 0.2) is 12.4 Å². The standard InChI is InChI=1S/C10H17N3O2/c1-3-5-13-8-9(7-12-13)15-6-4-10(14)11-2/h7-8H,3-6H2,1-2H3,(H,11,14). The Bertz CT molecular complexity index is 309. The normalized spacial score (nSPS) is 10.0. The maximum atomic E-state index is 10.9. The lowest BCUT2D eigenvalue weighted by molar-refractivity contribution is -0.121. The van der Waals surface area contributed by atoms with Crippen molar-refractivity contribution in [2.75, 3.05) is 13.7 Å². The van der Waals surface area contributed by atoms with E-state index in [0.29, 0.717) is 18.8 Å². The number of amides is 1. The summed E-state index contributed by atoms with van der Waals surface area (Å²) in [6, 6.07) is 0. The second kappa shape index (κ2) is 6.06. The predicted molar refractivity (Wildman–Crippen MR) is 56.7 cm³/mol. The first-order valence-corrected chi connectivity index (χ1v) is 5.12. The minimum absolute atomic E-state index is 0.0176. The van der Waals surface area contributed by atoms with Crippen LogP contribution in [0.5, 0.6) is 5.75 Å². The van der Waals surface area contributed by atoms with Gasteiger partial charge in [-0.25, -0.2) is 0 Å². The van der Waals surface area contributed by atoms with Gasteiger partial charge in [0.2, 0.25) is 5.91 Å². The third-order valence-corrected chi connectivity index (χ3v) is 1.94. The molecule has 0 unspecified atom stereocenters. The summed E-state index contributed by atoms with van der Waals surface area (Å²) in [5, 5.41) is 6.65. The molecule has 0 aliphatic rings. The lowest BCUT2D eigenvalue weighted by Crippen LogP contribution is -2.20. The van der Waals surface area contributed by atoms with Crippen LogP contribution in [-0.2, 0) is 11.3 Å². The van der Waals surface area contributed by atoms with E-state index in [2.05, 4.69) is 17.3 Å². The molecule has 0 bridgehead atoms. The van der Waals surface area contributed by atoms with Gasteiger partial charge < -0.3 is 10.1 Å². The summed E-state index contributed by atoms with van der Waals surface area (Å²) in [7, 11) is 1.61. The molecule has 0 aliphatic heterocycles. The highest BCUT2D eigenvalue weighted by Crippen LogP contribution is 2.08. The van der Waals surface area contributed by atoms with Crippen molar-refractivity contribution in [2.24, 2.45) is 0 Å². The largest absolute Gasteiger partial charge is 0.490 e. The molecule has 1 aromatic heterocycles. The number of hydrogen-bond acceptors (Lipinski definition) is 3. The molecule has 0 aliphatic carbocycles. The van der Waals surface area contributed by atoms with Crippen molar-refractivity contribution >= 4 is 5.91 Å². The molecule has 1 heterocycles. The van der Waals surface area contributed by atoms with Gasteiger partial charge in [0, 0.05) is 13.6 Å². The van der Waals surface area contributed by atoms with Gasteiger partial charge >= 0.3 is 0 Å². The number of nitrogens with one attached hydrogen (secondary N) is 1. The van der Waals surface area contributed by atoms with Crippen LogP contribution < -0.4 is 10.1 Å². The van der Waals surface area contributed by atoms with E-state index in [4.69, 9.17) is 4.74 Å². The molecule has 0 spiro atoms. The first-order chi connectivity index (χ1) is 7.26. The predicted octanol–water partition coefficient (Wildman–Crippen LogP) is 0.808. The maximum Gasteiger partial charge on any atom is 0.223 e. The number of aryl methyl sites for hydroxylation is 1. The van der Waals surface area contributed by atoms with E-state index in [1.54, 1.807) is 13.2 Å². The molecule has 84 valence electrons. The molecule has 1 N–H and O–H groups in total. The molecular formula is C10H17N3O2. The van der Waals surface area contributed by atoms with E-state index >= 15 is 0 Å². The molecular weight excluding hydrogens is 194 g/mol. The fraction of sp³-hybridized carbons (Fsp3) is 0.600. The molecule has 1 rings (SSSR count). The number of nitrogens with zero attached hydrogens (tertiary/aromatic N) is 2. The van der Waals surface area contributed by atoms with Crippen molar-refractivity contribution < 1.29 is 9.53 Å². The Morgan fingerprint density at radius 2 is 2.47 bits per heavy atom. The Labute approximate surface area is 89.4 Å². The van der Waals surface area contributed by atoms with E-state index in [1.807, 2.05) is 10.9 Å². The number of ether oxygens (including phenoxy) is 1. The van der Waals surface area contributed by atoms with Crippen LogP contribution in [0.3, 0.4) is 0 Å². The van der Waals surface area contributed by atoms with E-state index in [-0.39, 0.29) is 5.91 Å². The van der Waals surface area contributed by atoms with Gasteiger partial charge in [-0.15, -0.1) is 0 Å². The smallest absolute Gasteiger partial charge is 0.223 e. The summed E-state index contributed by atoms with van der Waals surface area (Å²) in [6.45, 7) is 3.37. The Hall–Kier alpha value is -1.52. The van der Waals surface area contributed by atoms with Gasteiger partial charge in [-0.1, -0.05) is 6.92 Å². The highest BCUT2D eigenvalue weighted by atomic mass is 16.5. The molecule has 0 aromatic carbocycles. The van der Waals surface area contributed by atoms with Crippen molar-refractivity contribution in [1.82, 2.24) is 15.1 Å². The van der Waals surface area contributed by atoms with Crippen LogP contribution >= 0.6 is 0 Å². The lowest BCUT2D eigenvalue weighted by Gasteiger charge is -2.01. The first kappa shape index (κ1) is 11.6. The van der Waals surface area contributed by atoms with E-state index in [1.165, 1.54) is 0 Å². The van der Waals surface area contributed by atoms with Gasteiger partial charge in [0.1, 0.15) is 0 Å². The highest BCUT2D eigenvalue weighted by Gasteiger charge is 2.01. The van der Waals surface area contributed by atoms with Gasteiger partial charge in [0.05, 0.1) is 25.4 Å². The Balaban J connectivity index is 2.28. The molecule has 15 heavy (non-hydrogen) atoms. The van der Waals surface area contributed by atoms with Gasteiger partial charge in [-0.05, 0) is 6.42 Å². The summed E-state index contributed by atoms with van der Waals surface area (Å²) >= 11 is 0. The minimum Gasteiger partial charge on any atom is -0.490 e. The van der Waals surface area contributed by atoms with Crippen molar-refractivity contribution in [2.45, 2.75) is 26.3 Å². The summed E-state index contributed by atoms with van der Waals surface area (Å²) in [5.74, 6) is 0.698. The van der Waals surface area contributed by atoms with Gasteiger partial charge in [0.25, 0.3) is 0 Å². The zero-order valence-electron chi connectivity index (χ0n) is 9.19. The highest BCUT2D eigenvalue weighted by molar-refractivity contribution is 5.75. The fourth-order valence-corrected chi connectivity index (χ4v) is 1.16. The number of carbonyl (C=O) groups is 1. The van der Waals surface area contributed by atoms with Crippen molar-refractivity contribution in [3.05, 3.63) is 12.4 Å². The molecule has 0 saturated heterocycles. The summed E-state index contributed by atoms with van der Waals surface area (Å²) < 4.78 is 7.19. The first-order valence-electron chi connectivity index (χ1n) is 5.12. The zero-order valence-corrected chi connectivity index (χ0v) is 9.19. The minimum atomic E-state index is -0.0176. The van der Waals surface area contributed by atoms with Crippen LogP contribution in [0.2, 0.25) is 0 Å². The van der Waals surface area contributed by atoms with Crippen LogP contribution in [0, 0.1) is 0 Å². The van der Waals surface area contributed by atoms with Crippen LogP contribution in [0.4, 0.5) is 0 Å². The number of carbonyl (C=O) groups excluding carboxylic acids is 1. The molecule has 0 saturated carbocycles. The van der Waals surface area contributed by atoms with Crippen molar-refractivity contribution in [3.8, 4) is 5.75 Å².